The Morgan fingerprint density at radius 1 is 0.906 bits per heavy atom. The third-order valence-electron chi connectivity index (χ3n) is 4.83. The van der Waals surface area contributed by atoms with E-state index in [0.29, 0.717) is 6.42 Å². The molecule has 190 valence electrons. The van der Waals surface area contributed by atoms with Gasteiger partial charge in [-0.15, -0.1) is 0 Å². The third kappa shape index (κ3) is 20.9. The Bertz CT molecular complexity index is 539. The molecule has 0 rings (SSSR count). The highest BCUT2D eigenvalue weighted by Gasteiger charge is 2.23. The molecular formula is C22H43O9P. The van der Waals surface area contributed by atoms with Gasteiger partial charge in [-0.2, -0.15) is 0 Å². The lowest BCUT2D eigenvalue weighted by atomic mass is 10.0. The number of phosphoric ester groups is 1. The van der Waals surface area contributed by atoms with Crippen LogP contribution in [0, 0.1) is 0 Å². The van der Waals surface area contributed by atoms with Crippen molar-refractivity contribution in [1.82, 2.24) is 0 Å². The molecule has 0 spiro atoms. The van der Waals surface area contributed by atoms with Crippen LogP contribution in [-0.2, 0) is 23.1 Å². The van der Waals surface area contributed by atoms with Gasteiger partial charge >= 0.3 is 13.8 Å². The van der Waals surface area contributed by atoms with Crippen LogP contribution in [0.2, 0.25) is 0 Å². The van der Waals surface area contributed by atoms with Crippen LogP contribution in [0.5, 0.6) is 0 Å². The quantitative estimate of drug-likeness (QED) is 0.0733. The predicted octanol–water partition coefficient (Wildman–Crippen LogP) is 4.90. The Kier molecular flexibility index (Phi) is 20.0. The van der Waals surface area contributed by atoms with Crippen LogP contribution in [0.15, 0.2) is 12.0 Å². The van der Waals surface area contributed by atoms with Crippen molar-refractivity contribution >= 4 is 13.8 Å². The topological polar surface area (TPSA) is 143 Å². The number of aliphatic hydroxyl groups excluding tert-OH is 3. The number of hydrogen-bond acceptors (Lipinski definition) is 8. The number of esters is 1. The molecule has 0 fully saturated rings. The smallest absolute Gasteiger partial charge is 0.472 e. The van der Waals surface area contributed by atoms with Gasteiger partial charge < -0.3 is 24.9 Å². The minimum absolute atomic E-state index is 0.225. The molecule has 0 heterocycles. The van der Waals surface area contributed by atoms with Gasteiger partial charge in [-0.25, -0.2) is 4.57 Å². The largest absolute Gasteiger partial charge is 0.507 e. The van der Waals surface area contributed by atoms with E-state index in [0.717, 1.165) is 19.1 Å². The maximum absolute atomic E-state index is 11.7. The summed E-state index contributed by atoms with van der Waals surface area (Å²) in [7, 11) is -4.52. The summed E-state index contributed by atoms with van der Waals surface area (Å²) in [6.07, 6.45) is 15.4. The van der Waals surface area contributed by atoms with Crippen LogP contribution in [0.1, 0.15) is 96.8 Å². The van der Waals surface area contributed by atoms with Crippen LogP contribution in [-0.4, -0.2) is 52.1 Å². The molecule has 0 aromatic rings. The van der Waals surface area contributed by atoms with Crippen LogP contribution in [0.3, 0.4) is 0 Å². The SMILES string of the molecule is CCCCCCCCCCCCCCCC(=O)O/C=C(\O)COP(=O)(O)OC[C@@H](O)CO. The summed E-state index contributed by atoms with van der Waals surface area (Å²) >= 11 is 0. The highest BCUT2D eigenvalue weighted by atomic mass is 31.2. The Hall–Kier alpha value is -0.960. The number of carbonyl (C=O) groups excluding carboxylic acids is 1. The van der Waals surface area contributed by atoms with Gasteiger partial charge in [-0.1, -0.05) is 84.0 Å². The Morgan fingerprint density at radius 2 is 1.41 bits per heavy atom. The van der Waals surface area contributed by atoms with E-state index in [2.05, 4.69) is 16.0 Å². The van der Waals surface area contributed by atoms with Crippen molar-refractivity contribution < 1.29 is 43.4 Å². The fraction of sp³-hybridized carbons (Fsp3) is 0.864. The summed E-state index contributed by atoms with van der Waals surface area (Å²) in [5, 5.41) is 27.2. The molecule has 32 heavy (non-hydrogen) atoms. The lowest BCUT2D eigenvalue weighted by Crippen LogP contribution is -2.19. The molecule has 10 heteroatoms. The van der Waals surface area contributed by atoms with Gasteiger partial charge in [0, 0.05) is 6.42 Å². The average molecular weight is 483 g/mol. The second-order valence-electron chi connectivity index (χ2n) is 7.97. The van der Waals surface area contributed by atoms with Crippen molar-refractivity contribution in [1.29, 1.82) is 0 Å². The van der Waals surface area contributed by atoms with E-state index >= 15 is 0 Å². The Labute approximate surface area is 192 Å². The van der Waals surface area contributed by atoms with Crippen molar-refractivity contribution in [3.05, 3.63) is 12.0 Å². The van der Waals surface area contributed by atoms with E-state index in [1.807, 2.05) is 0 Å². The molecule has 0 aromatic heterocycles. The second kappa shape index (κ2) is 20.6. The van der Waals surface area contributed by atoms with E-state index in [1.165, 1.54) is 64.2 Å². The summed E-state index contributed by atoms with van der Waals surface area (Å²) in [5.41, 5.74) is 0. The minimum atomic E-state index is -4.52. The summed E-state index contributed by atoms with van der Waals surface area (Å²) in [5.74, 6) is -1.07. The number of carbonyl (C=O) groups is 1. The first-order chi connectivity index (χ1) is 15.3. The number of phosphoric acid groups is 1. The fourth-order valence-corrected chi connectivity index (χ4v) is 3.66. The molecule has 0 aliphatic heterocycles. The van der Waals surface area contributed by atoms with Gasteiger partial charge in [0.25, 0.3) is 0 Å². The molecule has 0 aliphatic rings. The zero-order chi connectivity index (χ0) is 24.1. The molecule has 9 nitrogen and oxygen atoms in total. The zero-order valence-corrected chi connectivity index (χ0v) is 20.3. The molecule has 0 aliphatic carbocycles. The zero-order valence-electron chi connectivity index (χ0n) is 19.5. The molecule has 0 radical (unpaired) electrons. The average Bonchev–Trinajstić information content (AvgIpc) is 2.77. The molecule has 0 saturated heterocycles. The van der Waals surface area contributed by atoms with Gasteiger partial charge in [0.05, 0.1) is 13.2 Å². The van der Waals surface area contributed by atoms with Crippen molar-refractivity contribution in [2.75, 3.05) is 19.8 Å². The number of aliphatic hydroxyl groups is 3. The monoisotopic (exact) mass is 482 g/mol. The molecule has 4 N–H and O–H groups in total. The van der Waals surface area contributed by atoms with Crippen molar-refractivity contribution in [3.63, 3.8) is 0 Å². The lowest BCUT2D eigenvalue weighted by Gasteiger charge is -2.13. The summed E-state index contributed by atoms with van der Waals surface area (Å²) in [6.45, 7) is 0.272. The van der Waals surface area contributed by atoms with E-state index in [-0.39, 0.29) is 6.42 Å². The van der Waals surface area contributed by atoms with Gasteiger partial charge in [0.2, 0.25) is 0 Å². The molecule has 0 aromatic carbocycles. The van der Waals surface area contributed by atoms with E-state index in [9.17, 15) is 19.4 Å². The lowest BCUT2D eigenvalue weighted by molar-refractivity contribution is -0.138. The fourth-order valence-electron chi connectivity index (χ4n) is 2.93. The van der Waals surface area contributed by atoms with E-state index in [1.54, 1.807) is 0 Å². The standard InChI is InChI=1S/C22H43O9P/c1-2-3-4-5-6-7-8-9-10-11-12-13-14-15-22(26)29-17-21(25)19-31-32(27,28)30-18-20(24)16-23/h17,20,23-25H,2-16,18-19H2,1H3,(H,27,28)/b21-17-/t20-/m0/s1. The van der Waals surface area contributed by atoms with Gasteiger partial charge in [-0.3, -0.25) is 13.8 Å². The molecule has 0 saturated carbocycles. The first-order valence-electron chi connectivity index (χ1n) is 11.8. The van der Waals surface area contributed by atoms with E-state index in [4.69, 9.17) is 14.9 Å². The summed E-state index contributed by atoms with van der Waals surface area (Å²) in [6, 6.07) is 0. The Morgan fingerprint density at radius 3 is 1.91 bits per heavy atom. The number of hydrogen-bond donors (Lipinski definition) is 4. The normalized spacial score (nSPS) is 14.8. The minimum Gasteiger partial charge on any atom is -0.507 e. The van der Waals surface area contributed by atoms with Crippen LogP contribution in [0.25, 0.3) is 0 Å². The van der Waals surface area contributed by atoms with Crippen LogP contribution in [0.4, 0.5) is 0 Å². The first-order valence-corrected chi connectivity index (χ1v) is 13.3. The van der Waals surface area contributed by atoms with Gasteiger partial charge in [-0.05, 0) is 6.42 Å². The first kappa shape index (κ1) is 31.0. The summed E-state index contributed by atoms with van der Waals surface area (Å²) < 4.78 is 25.2. The highest BCUT2D eigenvalue weighted by molar-refractivity contribution is 7.47. The highest BCUT2D eigenvalue weighted by Crippen LogP contribution is 2.43. The van der Waals surface area contributed by atoms with Gasteiger partial charge in [0.1, 0.15) is 19.0 Å². The third-order valence-corrected chi connectivity index (χ3v) is 5.76. The maximum atomic E-state index is 11.7. The molecule has 2 atom stereocenters. The van der Waals surface area contributed by atoms with Gasteiger partial charge in [0.15, 0.2) is 5.76 Å². The van der Waals surface area contributed by atoms with Crippen molar-refractivity contribution in [2.24, 2.45) is 0 Å². The van der Waals surface area contributed by atoms with Crippen LogP contribution >= 0.6 is 7.82 Å². The van der Waals surface area contributed by atoms with Crippen molar-refractivity contribution in [2.45, 2.75) is 103 Å². The Balaban J connectivity index is 3.65. The molecule has 0 amide bonds. The van der Waals surface area contributed by atoms with Crippen LogP contribution < -0.4 is 0 Å². The van der Waals surface area contributed by atoms with Crippen molar-refractivity contribution in [3.8, 4) is 0 Å². The number of ether oxygens (including phenoxy) is 1. The maximum Gasteiger partial charge on any atom is 0.472 e. The summed E-state index contributed by atoms with van der Waals surface area (Å²) in [4.78, 5) is 21.0. The number of unbranched alkanes of at least 4 members (excludes halogenated alkanes) is 12. The molecule has 1 unspecified atom stereocenters. The second-order valence-corrected chi connectivity index (χ2v) is 9.42. The predicted molar refractivity (Wildman–Crippen MR) is 122 cm³/mol. The number of rotatable bonds is 22. The molecular weight excluding hydrogens is 439 g/mol. The van der Waals surface area contributed by atoms with E-state index < -0.39 is 45.5 Å². The molecule has 0 bridgehead atoms.